The Balaban J connectivity index is 1.83. The van der Waals surface area contributed by atoms with Crippen LogP contribution < -0.4 is 15.2 Å². The maximum Gasteiger partial charge on any atom is 0.161 e. The molecule has 0 bridgehead atoms. The van der Waals surface area contributed by atoms with Crippen molar-refractivity contribution < 1.29 is 9.47 Å². The lowest BCUT2D eigenvalue weighted by atomic mass is 10.1. The molecule has 0 atom stereocenters. The van der Waals surface area contributed by atoms with Crippen LogP contribution in [-0.4, -0.2) is 32.7 Å². The van der Waals surface area contributed by atoms with Crippen molar-refractivity contribution in [3.63, 3.8) is 0 Å². The molecule has 0 saturated heterocycles. The van der Waals surface area contributed by atoms with Crippen molar-refractivity contribution in [2.45, 2.75) is 13.0 Å². The van der Waals surface area contributed by atoms with E-state index in [-0.39, 0.29) is 0 Å². The molecule has 0 saturated carbocycles. The van der Waals surface area contributed by atoms with Gasteiger partial charge in [0.2, 0.25) is 0 Å². The lowest BCUT2D eigenvalue weighted by Crippen LogP contribution is -2.17. The molecule has 2 rings (SSSR count). The third kappa shape index (κ3) is 5.32. The highest BCUT2D eigenvalue weighted by atomic mass is 16.5. The summed E-state index contributed by atoms with van der Waals surface area (Å²) < 4.78 is 10.6. The van der Waals surface area contributed by atoms with Crippen LogP contribution in [0, 0.1) is 0 Å². The van der Waals surface area contributed by atoms with Gasteiger partial charge in [0.05, 0.1) is 14.2 Å². The van der Waals surface area contributed by atoms with Crippen LogP contribution in [0.2, 0.25) is 0 Å². The second-order valence-corrected chi connectivity index (χ2v) is 5.80. The quantitative estimate of drug-likeness (QED) is 0.596. The summed E-state index contributed by atoms with van der Waals surface area (Å²) in [4.78, 5) is 2.25. The van der Waals surface area contributed by atoms with Crippen molar-refractivity contribution in [2.24, 2.45) is 0 Å². The summed E-state index contributed by atoms with van der Waals surface area (Å²) in [5.74, 6) is 1.52. The van der Waals surface area contributed by atoms with Crippen LogP contribution in [0.3, 0.4) is 0 Å². The van der Waals surface area contributed by atoms with Gasteiger partial charge in [-0.2, -0.15) is 0 Å². The van der Waals surface area contributed by atoms with Crippen LogP contribution >= 0.6 is 0 Å². The van der Waals surface area contributed by atoms with E-state index in [1.807, 2.05) is 24.3 Å². The third-order valence-electron chi connectivity index (χ3n) is 3.82. The highest BCUT2D eigenvalue weighted by Crippen LogP contribution is 2.27. The largest absolute Gasteiger partial charge is 0.493 e. The molecule has 2 aromatic carbocycles. The highest BCUT2D eigenvalue weighted by molar-refractivity contribution is 5.43. The lowest BCUT2D eigenvalue weighted by molar-refractivity contribution is 0.347. The number of hydrogen-bond donors (Lipinski definition) is 1. The molecule has 0 aromatic heterocycles. The van der Waals surface area contributed by atoms with Gasteiger partial charge in [0, 0.05) is 18.8 Å². The van der Waals surface area contributed by atoms with Crippen LogP contribution in [0.5, 0.6) is 11.5 Å². The van der Waals surface area contributed by atoms with E-state index in [0.717, 1.165) is 36.7 Å². The molecule has 4 heteroatoms. The third-order valence-corrected chi connectivity index (χ3v) is 3.82. The molecule has 0 radical (unpaired) electrons. The average molecular weight is 326 g/mol. The lowest BCUT2D eigenvalue weighted by Gasteiger charge is -2.16. The highest BCUT2D eigenvalue weighted by Gasteiger charge is 2.06. The van der Waals surface area contributed by atoms with E-state index in [4.69, 9.17) is 15.2 Å². The smallest absolute Gasteiger partial charge is 0.161 e. The summed E-state index contributed by atoms with van der Waals surface area (Å²) in [6.07, 6.45) is 5.30. The molecule has 0 amide bonds. The Morgan fingerprint density at radius 3 is 2.25 bits per heavy atom. The fraction of sp³-hybridized carbons (Fsp3) is 0.300. The Labute approximate surface area is 144 Å². The molecule has 0 heterocycles. The molecule has 0 fully saturated rings. The minimum atomic E-state index is 0.757. The molecular formula is C20H26N2O2. The van der Waals surface area contributed by atoms with E-state index in [9.17, 15) is 0 Å². The maximum atomic E-state index is 5.69. The fourth-order valence-corrected chi connectivity index (χ4v) is 2.48. The molecule has 24 heavy (non-hydrogen) atoms. The Kier molecular flexibility index (Phi) is 6.70. The number of rotatable bonds is 8. The molecule has 2 N–H and O–H groups in total. The Bertz CT molecular complexity index is 666. The number of nitrogen functional groups attached to an aromatic ring is 1. The molecule has 0 aliphatic carbocycles. The van der Waals surface area contributed by atoms with Crippen LogP contribution in [0.4, 0.5) is 5.69 Å². The predicted octanol–water partition coefficient (Wildman–Crippen LogP) is 3.52. The van der Waals surface area contributed by atoms with Gasteiger partial charge in [0.25, 0.3) is 0 Å². The van der Waals surface area contributed by atoms with Gasteiger partial charge < -0.3 is 15.2 Å². The average Bonchev–Trinajstić information content (AvgIpc) is 2.60. The SMILES string of the molecule is COc1ccc(CN(C)C/C=C/Cc2ccc(N)cc2)cc1OC. The summed E-state index contributed by atoms with van der Waals surface area (Å²) in [7, 11) is 5.41. The molecule has 2 aromatic rings. The zero-order chi connectivity index (χ0) is 17.4. The first-order chi connectivity index (χ1) is 11.6. The van der Waals surface area contributed by atoms with E-state index in [2.05, 4.69) is 42.3 Å². The Morgan fingerprint density at radius 2 is 1.58 bits per heavy atom. The normalized spacial score (nSPS) is 11.2. The Hall–Kier alpha value is -2.46. The molecule has 0 unspecified atom stereocenters. The van der Waals surface area contributed by atoms with Gasteiger partial charge in [-0.3, -0.25) is 4.90 Å². The van der Waals surface area contributed by atoms with Crippen LogP contribution in [-0.2, 0) is 13.0 Å². The van der Waals surface area contributed by atoms with Crippen molar-refractivity contribution in [2.75, 3.05) is 33.5 Å². The van der Waals surface area contributed by atoms with E-state index >= 15 is 0 Å². The summed E-state index contributed by atoms with van der Waals surface area (Å²) in [6.45, 7) is 1.75. The minimum Gasteiger partial charge on any atom is -0.493 e. The molecule has 4 nitrogen and oxygen atoms in total. The first kappa shape index (κ1) is 17.9. The van der Waals surface area contributed by atoms with E-state index < -0.39 is 0 Å². The number of nitrogens with zero attached hydrogens (tertiary/aromatic N) is 1. The number of ether oxygens (including phenoxy) is 2. The van der Waals surface area contributed by atoms with Crippen molar-refractivity contribution in [3.05, 3.63) is 65.7 Å². The van der Waals surface area contributed by atoms with Crippen LogP contribution in [0.1, 0.15) is 11.1 Å². The number of anilines is 1. The van der Waals surface area contributed by atoms with Gasteiger partial charge in [-0.05, 0) is 48.9 Å². The van der Waals surface area contributed by atoms with Crippen molar-refractivity contribution in [3.8, 4) is 11.5 Å². The van der Waals surface area contributed by atoms with Gasteiger partial charge in [-0.25, -0.2) is 0 Å². The first-order valence-corrected chi connectivity index (χ1v) is 8.01. The maximum absolute atomic E-state index is 5.69. The topological polar surface area (TPSA) is 47.7 Å². The number of allylic oxidation sites excluding steroid dienone is 1. The van der Waals surface area contributed by atoms with Crippen molar-refractivity contribution in [1.82, 2.24) is 4.90 Å². The van der Waals surface area contributed by atoms with Gasteiger partial charge >= 0.3 is 0 Å². The van der Waals surface area contributed by atoms with Crippen LogP contribution in [0.25, 0.3) is 0 Å². The molecule has 0 aliphatic heterocycles. The molecule has 0 aliphatic rings. The summed E-state index contributed by atoms with van der Waals surface area (Å²) in [5, 5.41) is 0. The van der Waals surface area contributed by atoms with Gasteiger partial charge in [-0.15, -0.1) is 0 Å². The van der Waals surface area contributed by atoms with E-state index in [1.54, 1.807) is 14.2 Å². The number of hydrogen-bond acceptors (Lipinski definition) is 4. The van der Waals surface area contributed by atoms with Gasteiger partial charge in [0.15, 0.2) is 11.5 Å². The summed E-state index contributed by atoms with van der Waals surface area (Å²) >= 11 is 0. The Morgan fingerprint density at radius 1 is 0.917 bits per heavy atom. The zero-order valence-electron chi connectivity index (χ0n) is 14.7. The number of benzene rings is 2. The van der Waals surface area contributed by atoms with Gasteiger partial charge in [0.1, 0.15) is 0 Å². The minimum absolute atomic E-state index is 0.757. The fourth-order valence-electron chi connectivity index (χ4n) is 2.48. The molecule has 0 spiro atoms. The first-order valence-electron chi connectivity index (χ1n) is 8.01. The van der Waals surface area contributed by atoms with Crippen LogP contribution in [0.15, 0.2) is 54.6 Å². The standard InChI is InChI=1S/C20H26N2O2/c1-22(13-5-4-6-16-7-10-18(21)11-8-16)15-17-9-12-19(23-2)20(14-17)24-3/h4-5,7-12,14H,6,13,15,21H2,1-3H3/b5-4+. The molecular weight excluding hydrogens is 300 g/mol. The van der Waals surface area contributed by atoms with E-state index in [1.165, 1.54) is 11.1 Å². The van der Waals surface area contributed by atoms with Crippen molar-refractivity contribution in [1.29, 1.82) is 0 Å². The number of nitrogens with two attached hydrogens (primary N) is 1. The second kappa shape index (κ2) is 8.99. The summed E-state index contributed by atoms with van der Waals surface area (Å²) in [5.41, 5.74) is 8.96. The van der Waals surface area contributed by atoms with E-state index in [0.29, 0.717) is 0 Å². The summed E-state index contributed by atoms with van der Waals surface area (Å²) in [6, 6.07) is 14.0. The second-order valence-electron chi connectivity index (χ2n) is 5.80. The zero-order valence-corrected chi connectivity index (χ0v) is 14.7. The van der Waals surface area contributed by atoms with Crippen molar-refractivity contribution >= 4 is 5.69 Å². The number of likely N-dealkylation sites (N-methyl/N-ethyl adjacent to an activating group) is 1. The van der Waals surface area contributed by atoms with Gasteiger partial charge in [-0.1, -0.05) is 30.4 Å². The monoisotopic (exact) mass is 326 g/mol. The predicted molar refractivity (Wildman–Crippen MR) is 99.6 cm³/mol. The number of methoxy groups -OCH3 is 2. The molecule has 128 valence electrons.